The molecular weight excluding hydrogens is 600 g/mol. The first-order valence-corrected chi connectivity index (χ1v) is 18.3. The van der Waals surface area contributed by atoms with E-state index in [1.165, 1.54) is 12.8 Å². The van der Waals surface area contributed by atoms with Crippen LogP contribution in [0.3, 0.4) is 0 Å². The molecule has 6 heteroatoms. The average molecular weight is 657 g/mol. The van der Waals surface area contributed by atoms with Crippen LogP contribution in [-0.4, -0.2) is 66.1 Å². The minimum Gasteiger partial charge on any atom is -0.494 e. The summed E-state index contributed by atoms with van der Waals surface area (Å²) in [5.74, 6) is 8.43. The van der Waals surface area contributed by atoms with E-state index in [4.69, 9.17) is 28.4 Å². The van der Waals surface area contributed by atoms with Gasteiger partial charge in [0.15, 0.2) is 0 Å². The Hall–Kier alpha value is -3.08. The van der Waals surface area contributed by atoms with E-state index in [1.807, 2.05) is 24.3 Å². The second-order valence-electron chi connectivity index (χ2n) is 13.8. The maximum absolute atomic E-state index is 6.06. The highest BCUT2D eigenvalue weighted by molar-refractivity contribution is 5.70. The minimum atomic E-state index is 0.285. The van der Waals surface area contributed by atoms with Gasteiger partial charge < -0.3 is 28.4 Å². The topological polar surface area (TPSA) is 55.4 Å². The lowest BCUT2D eigenvalue weighted by atomic mass is 9.84. The molecule has 1 aromatic carbocycles. The monoisotopic (exact) mass is 656 g/mol. The van der Waals surface area contributed by atoms with Crippen LogP contribution in [0.4, 0.5) is 0 Å². The van der Waals surface area contributed by atoms with Crippen LogP contribution in [0.2, 0.25) is 0 Å². The Morgan fingerprint density at radius 1 is 0.521 bits per heavy atom. The Morgan fingerprint density at radius 2 is 0.938 bits per heavy atom. The number of hydrogen-bond donors (Lipinski definition) is 0. The summed E-state index contributed by atoms with van der Waals surface area (Å²) >= 11 is 0. The molecule has 260 valence electrons. The third-order valence-electron chi connectivity index (χ3n) is 9.87. The molecule has 2 fully saturated rings. The van der Waals surface area contributed by atoms with Crippen molar-refractivity contribution in [3.8, 4) is 34.5 Å². The molecule has 1 aromatic rings. The van der Waals surface area contributed by atoms with Crippen molar-refractivity contribution >= 4 is 0 Å². The molecule has 2 saturated heterocycles. The smallest absolute Gasteiger partial charge is 0.120 e. The fourth-order valence-electron chi connectivity index (χ4n) is 6.00. The molecular formula is C42H56O6. The van der Waals surface area contributed by atoms with Gasteiger partial charge in [0.1, 0.15) is 11.5 Å². The van der Waals surface area contributed by atoms with Gasteiger partial charge in [0.05, 0.1) is 52.9 Å². The molecule has 0 saturated carbocycles. The summed E-state index contributed by atoms with van der Waals surface area (Å²) in [5, 5.41) is 0. The summed E-state index contributed by atoms with van der Waals surface area (Å²) < 4.78 is 34.5. The van der Waals surface area contributed by atoms with E-state index in [0.29, 0.717) is 0 Å². The van der Waals surface area contributed by atoms with Crippen LogP contribution in [0.25, 0.3) is 11.1 Å². The Labute approximate surface area is 289 Å². The zero-order valence-electron chi connectivity index (χ0n) is 29.4. The van der Waals surface area contributed by atoms with E-state index in [0.717, 1.165) is 151 Å². The Kier molecular flexibility index (Phi) is 14.5. The van der Waals surface area contributed by atoms with Crippen molar-refractivity contribution in [2.75, 3.05) is 66.1 Å². The average Bonchev–Trinajstić information content (AvgIpc) is 3.36. The predicted octanol–water partition coefficient (Wildman–Crippen LogP) is 8.96. The first-order chi connectivity index (χ1) is 23.6. The van der Waals surface area contributed by atoms with Crippen LogP contribution in [0.1, 0.15) is 89.2 Å². The SMILES string of the molecule is CCC1(COCCCCCCOc2ccc(C#Cc3ccc4cc(OCCCCCCOCC5(CC)COC5)cc-4cc3)cc2)COC1. The van der Waals surface area contributed by atoms with Gasteiger partial charge in [-0.1, -0.05) is 50.7 Å². The van der Waals surface area contributed by atoms with E-state index in [9.17, 15) is 0 Å². The van der Waals surface area contributed by atoms with Gasteiger partial charge in [-0.25, -0.2) is 0 Å². The number of fused-ring (bicyclic) bond motifs is 1. The number of rotatable bonds is 22. The van der Waals surface area contributed by atoms with Gasteiger partial charge in [0, 0.05) is 35.2 Å². The Morgan fingerprint density at radius 3 is 1.35 bits per heavy atom. The van der Waals surface area contributed by atoms with Crippen molar-refractivity contribution in [3.05, 3.63) is 71.8 Å². The van der Waals surface area contributed by atoms with Gasteiger partial charge in [0.25, 0.3) is 0 Å². The fourth-order valence-corrected chi connectivity index (χ4v) is 6.00. The molecule has 0 N–H and O–H groups in total. The zero-order valence-corrected chi connectivity index (χ0v) is 29.4. The van der Waals surface area contributed by atoms with Gasteiger partial charge >= 0.3 is 0 Å². The van der Waals surface area contributed by atoms with E-state index < -0.39 is 0 Å². The molecule has 6 nitrogen and oxygen atoms in total. The summed E-state index contributed by atoms with van der Waals surface area (Å²) in [5.41, 5.74) is 4.85. The van der Waals surface area contributed by atoms with Crippen molar-refractivity contribution < 1.29 is 28.4 Å². The van der Waals surface area contributed by atoms with Crippen molar-refractivity contribution in [2.24, 2.45) is 10.8 Å². The van der Waals surface area contributed by atoms with Crippen LogP contribution >= 0.6 is 0 Å². The maximum Gasteiger partial charge on any atom is 0.120 e. The zero-order chi connectivity index (χ0) is 33.3. The highest BCUT2D eigenvalue weighted by Crippen LogP contribution is 2.33. The fraction of sp³-hybridized carbons (Fsp3) is 0.571. The second kappa shape index (κ2) is 19.2. The van der Waals surface area contributed by atoms with Crippen molar-refractivity contribution in [1.82, 2.24) is 0 Å². The standard InChI is InChI=1S/C42H56O6/c1-3-41(31-45-32-41)29-43-23-9-5-7-11-25-47-39-21-17-36(18-22-39)14-13-35-15-19-37-27-40(28-38(37)20-16-35)48-26-12-8-6-10-24-44-30-42(4-2)33-46-34-42/h15-22,27-28H,3-12,23-26,29-34H2,1-2H3. The lowest BCUT2D eigenvalue weighted by Crippen LogP contribution is -2.45. The highest BCUT2D eigenvalue weighted by Gasteiger charge is 2.37. The van der Waals surface area contributed by atoms with Gasteiger partial charge in [0.2, 0.25) is 0 Å². The third-order valence-corrected chi connectivity index (χ3v) is 9.87. The molecule has 4 aliphatic rings. The van der Waals surface area contributed by atoms with Crippen LogP contribution < -0.4 is 9.47 Å². The summed E-state index contributed by atoms with van der Waals surface area (Å²) in [6.07, 6.45) is 11.3. The molecule has 0 bridgehead atoms. The normalized spacial score (nSPS) is 16.0. The molecule has 2 aliphatic heterocycles. The molecule has 48 heavy (non-hydrogen) atoms. The molecule has 0 spiro atoms. The molecule has 0 unspecified atom stereocenters. The van der Waals surface area contributed by atoms with Crippen LogP contribution in [0.5, 0.6) is 11.5 Å². The van der Waals surface area contributed by atoms with Gasteiger partial charge in [-0.05, 0) is 111 Å². The summed E-state index contributed by atoms with van der Waals surface area (Å²) in [7, 11) is 0. The quantitative estimate of drug-likeness (QED) is 0.0795. The number of hydrogen-bond acceptors (Lipinski definition) is 6. The third kappa shape index (κ3) is 11.2. The van der Waals surface area contributed by atoms with Gasteiger partial charge in [-0.2, -0.15) is 0 Å². The highest BCUT2D eigenvalue weighted by atomic mass is 16.5. The molecule has 2 aliphatic carbocycles. The van der Waals surface area contributed by atoms with E-state index in [2.05, 4.69) is 62.1 Å². The minimum absolute atomic E-state index is 0.285. The maximum atomic E-state index is 6.06. The second-order valence-corrected chi connectivity index (χ2v) is 13.8. The van der Waals surface area contributed by atoms with Crippen molar-refractivity contribution in [3.63, 3.8) is 0 Å². The first kappa shape index (κ1) is 36.2. The molecule has 0 amide bonds. The summed E-state index contributed by atoms with van der Waals surface area (Å²) in [4.78, 5) is 0. The van der Waals surface area contributed by atoms with Crippen molar-refractivity contribution in [2.45, 2.75) is 78.1 Å². The largest absolute Gasteiger partial charge is 0.494 e. The van der Waals surface area contributed by atoms with Gasteiger partial charge in [-0.3, -0.25) is 0 Å². The lowest BCUT2D eigenvalue weighted by Gasteiger charge is -2.40. The van der Waals surface area contributed by atoms with Crippen LogP contribution in [0.15, 0.2) is 60.7 Å². The number of ether oxygens (including phenoxy) is 6. The van der Waals surface area contributed by atoms with Crippen molar-refractivity contribution in [1.29, 1.82) is 0 Å². The summed E-state index contributed by atoms with van der Waals surface area (Å²) in [6.45, 7) is 12.7. The first-order valence-electron chi connectivity index (χ1n) is 18.3. The van der Waals surface area contributed by atoms with Crippen LogP contribution in [-0.2, 0) is 18.9 Å². The van der Waals surface area contributed by atoms with E-state index in [1.54, 1.807) is 0 Å². The Bertz CT molecular complexity index is 1340. The Balaban J connectivity index is 0.924. The summed E-state index contributed by atoms with van der Waals surface area (Å²) in [6, 6.07) is 20.7. The molecule has 0 radical (unpaired) electrons. The lowest BCUT2D eigenvalue weighted by molar-refractivity contribution is -0.150. The molecule has 5 rings (SSSR count). The van der Waals surface area contributed by atoms with Crippen LogP contribution in [0, 0.1) is 22.7 Å². The number of unbranched alkanes of at least 4 members (excludes halogenated alkanes) is 6. The molecule has 2 heterocycles. The molecule has 0 aromatic heterocycles. The predicted molar refractivity (Wildman–Crippen MR) is 192 cm³/mol. The van der Waals surface area contributed by atoms with E-state index >= 15 is 0 Å². The molecule has 0 atom stereocenters. The number of benzene rings is 1. The van der Waals surface area contributed by atoms with E-state index in [-0.39, 0.29) is 10.8 Å². The van der Waals surface area contributed by atoms with Gasteiger partial charge in [-0.15, -0.1) is 0 Å².